The lowest BCUT2D eigenvalue weighted by molar-refractivity contribution is -0.111. The molecule has 1 aliphatic rings. The van der Waals surface area contributed by atoms with Crippen LogP contribution in [0.15, 0.2) is 17.0 Å². The molecule has 0 atom stereocenters. The van der Waals surface area contributed by atoms with Gasteiger partial charge in [-0.15, -0.1) is 0 Å². The molecule has 16 heavy (non-hydrogen) atoms. The van der Waals surface area contributed by atoms with Gasteiger partial charge in [-0.2, -0.15) is 0 Å². The summed E-state index contributed by atoms with van der Waals surface area (Å²) in [5.74, 6) is 1.42. The molecule has 1 aromatic carbocycles. The van der Waals surface area contributed by atoms with E-state index in [1.807, 2.05) is 12.1 Å². The number of ether oxygens (including phenoxy) is 2. The summed E-state index contributed by atoms with van der Waals surface area (Å²) >= 11 is 1.31. The van der Waals surface area contributed by atoms with Gasteiger partial charge in [-0.3, -0.25) is 4.79 Å². The van der Waals surface area contributed by atoms with E-state index in [0.29, 0.717) is 12.2 Å². The highest BCUT2D eigenvalue weighted by Gasteiger charge is 2.17. The van der Waals surface area contributed by atoms with Crippen molar-refractivity contribution in [3.8, 4) is 11.5 Å². The van der Waals surface area contributed by atoms with Gasteiger partial charge in [-0.1, -0.05) is 11.8 Å². The highest BCUT2D eigenvalue weighted by atomic mass is 32.2. The molecule has 2 rings (SSSR count). The number of methoxy groups -OCH3 is 2. The maximum atomic E-state index is 11.5. The lowest BCUT2D eigenvalue weighted by Gasteiger charge is -2.11. The summed E-state index contributed by atoms with van der Waals surface area (Å²) in [6, 6.07) is 3.86. The molecule has 86 valence electrons. The van der Waals surface area contributed by atoms with E-state index in [1.54, 1.807) is 14.2 Å². The van der Waals surface area contributed by atoms with Crippen LogP contribution in [0.5, 0.6) is 11.5 Å². The third-order valence-electron chi connectivity index (χ3n) is 2.62. The Morgan fingerprint density at radius 1 is 1.12 bits per heavy atom. The van der Waals surface area contributed by atoms with Crippen molar-refractivity contribution < 1.29 is 14.3 Å². The molecule has 0 saturated heterocycles. The number of thioether (sulfide) groups is 1. The van der Waals surface area contributed by atoms with Crippen LogP contribution in [0.25, 0.3) is 0 Å². The summed E-state index contributed by atoms with van der Waals surface area (Å²) in [4.78, 5) is 12.5. The largest absolute Gasteiger partial charge is 0.493 e. The Balaban J connectivity index is 2.44. The zero-order valence-electron chi connectivity index (χ0n) is 9.41. The second kappa shape index (κ2) is 4.78. The average molecular weight is 238 g/mol. The molecule has 0 unspecified atom stereocenters. The van der Waals surface area contributed by atoms with Crippen LogP contribution in [0.3, 0.4) is 0 Å². The smallest absolute Gasteiger partial charge is 0.193 e. The van der Waals surface area contributed by atoms with E-state index in [2.05, 4.69) is 0 Å². The molecule has 0 fully saturated rings. The van der Waals surface area contributed by atoms with Crippen molar-refractivity contribution >= 4 is 16.9 Å². The third kappa shape index (κ3) is 2.16. The molecule has 0 aromatic heterocycles. The Labute approximate surface area is 99.1 Å². The van der Waals surface area contributed by atoms with E-state index in [0.717, 1.165) is 23.5 Å². The maximum Gasteiger partial charge on any atom is 0.193 e. The molecule has 0 saturated carbocycles. The van der Waals surface area contributed by atoms with Crippen LogP contribution in [0.4, 0.5) is 0 Å². The number of fused-ring (bicyclic) bond motifs is 1. The van der Waals surface area contributed by atoms with Gasteiger partial charge in [-0.25, -0.2) is 0 Å². The van der Waals surface area contributed by atoms with Gasteiger partial charge in [0.25, 0.3) is 0 Å². The zero-order chi connectivity index (χ0) is 11.5. The number of hydrogen-bond acceptors (Lipinski definition) is 4. The highest BCUT2D eigenvalue weighted by molar-refractivity contribution is 8.13. The molecular weight excluding hydrogens is 224 g/mol. The van der Waals surface area contributed by atoms with Crippen LogP contribution in [-0.2, 0) is 11.2 Å². The first-order chi connectivity index (χ1) is 7.74. The number of carbonyl (C=O) groups is 1. The molecule has 0 aliphatic carbocycles. The maximum absolute atomic E-state index is 11.5. The molecule has 1 heterocycles. The van der Waals surface area contributed by atoms with E-state index in [4.69, 9.17) is 9.47 Å². The topological polar surface area (TPSA) is 35.5 Å². The number of rotatable bonds is 2. The Morgan fingerprint density at radius 2 is 1.81 bits per heavy atom. The van der Waals surface area contributed by atoms with Crippen molar-refractivity contribution in [3.05, 3.63) is 17.7 Å². The van der Waals surface area contributed by atoms with Gasteiger partial charge in [0.05, 0.1) is 14.2 Å². The van der Waals surface area contributed by atoms with Crippen LogP contribution in [0.1, 0.15) is 18.4 Å². The van der Waals surface area contributed by atoms with E-state index in [-0.39, 0.29) is 5.12 Å². The molecule has 0 N–H and O–H groups in total. The summed E-state index contributed by atoms with van der Waals surface area (Å²) in [5.41, 5.74) is 1.17. The molecule has 1 aliphatic heterocycles. The van der Waals surface area contributed by atoms with Gasteiger partial charge in [-0.05, 0) is 30.5 Å². The predicted molar refractivity (Wildman–Crippen MR) is 63.3 cm³/mol. The van der Waals surface area contributed by atoms with Crippen molar-refractivity contribution in [2.75, 3.05) is 14.2 Å². The second-order valence-electron chi connectivity index (χ2n) is 3.64. The number of hydrogen-bond donors (Lipinski definition) is 0. The Morgan fingerprint density at radius 3 is 2.50 bits per heavy atom. The molecule has 0 radical (unpaired) electrons. The first-order valence-corrected chi connectivity index (χ1v) is 6.02. The van der Waals surface area contributed by atoms with Gasteiger partial charge < -0.3 is 9.47 Å². The Kier molecular flexibility index (Phi) is 3.39. The van der Waals surface area contributed by atoms with Crippen LogP contribution in [0, 0.1) is 0 Å². The highest BCUT2D eigenvalue weighted by Crippen LogP contribution is 2.38. The standard InChI is InChI=1S/C12H14O3S/c1-14-9-6-8-4-3-5-12(13)16-11(8)7-10(9)15-2/h6-7H,3-5H2,1-2H3. The normalized spacial score (nSPS) is 15.2. The first-order valence-electron chi connectivity index (χ1n) is 5.20. The molecule has 0 bridgehead atoms. The van der Waals surface area contributed by atoms with E-state index >= 15 is 0 Å². The zero-order valence-corrected chi connectivity index (χ0v) is 10.2. The van der Waals surface area contributed by atoms with Crippen molar-refractivity contribution in [2.45, 2.75) is 24.2 Å². The molecule has 4 heteroatoms. The van der Waals surface area contributed by atoms with Gasteiger partial charge in [0.1, 0.15) is 0 Å². The van der Waals surface area contributed by atoms with Gasteiger partial charge in [0.2, 0.25) is 0 Å². The van der Waals surface area contributed by atoms with E-state index in [1.165, 1.54) is 17.3 Å². The second-order valence-corrected chi connectivity index (χ2v) is 4.74. The number of carbonyl (C=O) groups excluding carboxylic acids is 1. The van der Waals surface area contributed by atoms with Crippen LogP contribution in [0.2, 0.25) is 0 Å². The SMILES string of the molecule is COc1cc2c(cc1OC)SC(=O)CCC2. The van der Waals surface area contributed by atoms with E-state index < -0.39 is 0 Å². The molecular formula is C12H14O3S. The molecule has 1 aromatic rings. The monoisotopic (exact) mass is 238 g/mol. The predicted octanol–water partition coefficient (Wildman–Crippen LogP) is 2.66. The first kappa shape index (κ1) is 11.3. The minimum atomic E-state index is 0.228. The third-order valence-corrected chi connectivity index (χ3v) is 3.65. The average Bonchev–Trinajstić information content (AvgIpc) is 2.47. The summed E-state index contributed by atoms with van der Waals surface area (Å²) in [7, 11) is 3.23. The summed E-state index contributed by atoms with van der Waals surface area (Å²) in [6.45, 7) is 0. The molecule has 3 nitrogen and oxygen atoms in total. The fraction of sp³-hybridized carbons (Fsp3) is 0.417. The van der Waals surface area contributed by atoms with Crippen molar-refractivity contribution in [3.63, 3.8) is 0 Å². The molecule has 0 spiro atoms. The van der Waals surface area contributed by atoms with Crippen molar-refractivity contribution in [2.24, 2.45) is 0 Å². The Bertz CT molecular complexity index is 415. The Hall–Kier alpha value is -1.16. The summed E-state index contributed by atoms with van der Waals surface area (Å²) < 4.78 is 10.5. The lowest BCUT2D eigenvalue weighted by Crippen LogP contribution is -1.94. The van der Waals surface area contributed by atoms with Gasteiger partial charge >= 0.3 is 0 Å². The van der Waals surface area contributed by atoms with Gasteiger partial charge in [0.15, 0.2) is 16.6 Å². The van der Waals surface area contributed by atoms with E-state index in [9.17, 15) is 4.79 Å². The van der Waals surface area contributed by atoms with Crippen LogP contribution in [-0.4, -0.2) is 19.3 Å². The minimum Gasteiger partial charge on any atom is -0.493 e. The van der Waals surface area contributed by atoms with Crippen molar-refractivity contribution in [1.82, 2.24) is 0 Å². The lowest BCUT2D eigenvalue weighted by atomic mass is 10.1. The fourth-order valence-electron chi connectivity index (χ4n) is 1.79. The van der Waals surface area contributed by atoms with Crippen LogP contribution < -0.4 is 9.47 Å². The minimum absolute atomic E-state index is 0.228. The number of aryl methyl sites for hydroxylation is 1. The van der Waals surface area contributed by atoms with Crippen LogP contribution >= 0.6 is 11.8 Å². The molecule has 0 amide bonds. The quantitative estimate of drug-likeness (QED) is 0.793. The fourth-order valence-corrected chi connectivity index (χ4v) is 2.74. The summed E-state index contributed by atoms with van der Waals surface area (Å²) in [5, 5.41) is 0.228. The summed E-state index contributed by atoms with van der Waals surface area (Å²) in [6.07, 6.45) is 2.48. The van der Waals surface area contributed by atoms with Crippen molar-refractivity contribution in [1.29, 1.82) is 0 Å². The number of benzene rings is 1. The van der Waals surface area contributed by atoms with Gasteiger partial charge in [0, 0.05) is 11.3 Å².